The zero-order chi connectivity index (χ0) is 12.8. The summed E-state index contributed by atoms with van der Waals surface area (Å²) >= 11 is 1.82. The molecular weight excluding hydrogens is 242 g/mol. The molecule has 1 atom stereocenters. The Morgan fingerprint density at radius 3 is 3.06 bits per heavy atom. The third kappa shape index (κ3) is 3.77. The topological polar surface area (TPSA) is 28.2 Å². The molecule has 1 aliphatic rings. The average Bonchev–Trinajstić information content (AvgIpc) is 2.85. The summed E-state index contributed by atoms with van der Waals surface area (Å²) in [6, 6.07) is 0.695. The number of aryl methyl sites for hydroxylation is 1. The van der Waals surface area contributed by atoms with Gasteiger partial charge in [-0.3, -0.25) is 4.90 Å². The third-order valence-corrected chi connectivity index (χ3v) is 4.58. The van der Waals surface area contributed by atoms with Crippen molar-refractivity contribution in [2.75, 3.05) is 19.6 Å². The average molecular weight is 267 g/mol. The maximum atomic E-state index is 4.74. The van der Waals surface area contributed by atoms with Crippen LogP contribution in [0.1, 0.15) is 43.8 Å². The van der Waals surface area contributed by atoms with Crippen molar-refractivity contribution in [1.29, 1.82) is 0 Å². The quantitative estimate of drug-likeness (QED) is 0.859. The van der Waals surface area contributed by atoms with Crippen LogP contribution in [-0.2, 0) is 13.0 Å². The zero-order valence-corrected chi connectivity index (χ0v) is 12.4. The molecule has 1 aliphatic heterocycles. The summed E-state index contributed by atoms with van der Waals surface area (Å²) in [5.74, 6) is 0. The first kappa shape index (κ1) is 14.0. The Kier molecular flexibility index (Phi) is 5.60. The van der Waals surface area contributed by atoms with E-state index in [2.05, 4.69) is 29.4 Å². The number of nitrogens with zero attached hydrogens (tertiary/aromatic N) is 2. The summed E-state index contributed by atoms with van der Waals surface area (Å²) < 4.78 is 0. The van der Waals surface area contributed by atoms with Crippen LogP contribution in [0.3, 0.4) is 0 Å². The van der Waals surface area contributed by atoms with E-state index in [1.807, 2.05) is 11.3 Å². The molecule has 0 bridgehead atoms. The fraction of sp³-hybridized carbons (Fsp3) is 0.786. The lowest BCUT2D eigenvalue weighted by Crippen LogP contribution is -2.45. The van der Waals surface area contributed by atoms with Gasteiger partial charge < -0.3 is 5.32 Å². The number of aromatic nitrogens is 1. The van der Waals surface area contributed by atoms with Crippen LogP contribution >= 0.6 is 11.3 Å². The standard InChI is InChI=1S/C14H25N3S/c1-3-6-14-16-12(11-18-14)10-17(4-2)13-7-5-8-15-9-13/h11,13,15H,3-10H2,1-2H3. The lowest BCUT2D eigenvalue weighted by Gasteiger charge is -2.33. The highest BCUT2D eigenvalue weighted by molar-refractivity contribution is 7.09. The second-order valence-electron chi connectivity index (χ2n) is 5.05. The van der Waals surface area contributed by atoms with Crippen LogP contribution in [0.25, 0.3) is 0 Å². The summed E-state index contributed by atoms with van der Waals surface area (Å²) in [5, 5.41) is 7.04. The molecule has 0 saturated carbocycles. The van der Waals surface area contributed by atoms with E-state index >= 15 is 0 Å². The maximum Gasteiger partial charge on any atom is 0.0928 e. The van der Waals surface area contributed by atoms with E-state index in [-0.39, 0.29) is 0 Å². The number of hydrogen-bond acceptors (Lipinski definition) is 4. The summed E-state index contributed by atoms with van der Waals surface area (Å²) in [4.78, 5) is 7.31. The second kappa shape index (κ2) is 7.22. The number of piperidine rings is 1. The van der Waals surface area contributed by atoms with E-state index in [1.165, 1.54) is 36.5 Å². The molecule has 0 amide bonds. The number of hydrogen-bond donors (Lipinski definition) is 1. The van der Waals surface area contributed by atoms with Gasteiger partial charge in [-0.2, -0.15) is 0 Å². The Balaban J connectivity index is 1.91. The fourth-order valence-corrected chi connectivity index (χ4v) is 3.49. The molecule has 1 saturated heterocycles. The van der Waals surface area contributed by atoms with Crippen molar-refractivity contribution < 1.29 is 0 Å². The van der Waals surface area contributed by atoms with E-state index in [9.17, 15) is 0 Å². The van der Waals surface area contributed by atoms with E-state index < -0.39 is 0 Å². The Labute approximate surface area is 115 Å². The van der Waals surface area contributed by atoms with Crippen LogP contribution in [0.2, 0.25) is 0 Å². The van der Waals surface area contributed by atoms with Gasteiger partial charge in [-0.05, 0) is 38.8 Å². The lowest BCUT2D eigenvalue weighted by atomic mass is 10.1. The molecule has 0 radical (unpaired) electrons. The van der Waals surface area contributed by atoms with Crippen LogP contribution in [0, 0.1) is 0 Å². The van der Waals surface area contributed by atoms with Gasteiger partial charge in [0.15, 0.2) is 0 Å². The highest BCUT2D eigenvalue weighted by Crippen LogP contribution is 2.17. The molecule has 1 N–H and O–H groups in total. The van der Waals surface area contributed by atoms with Crippen molar-refractivity contribution >= 4 is 11.3 Å². The van der Waals surface area contributed by atoms with Crippen molar-refractivity contribution in [1.82, 2.24) is 15.2 Å². The Morgan fingerprint density at radius 2 is 2.39 bits per heavy atom. The lowest BCUT2D eigenvalue weighted by molar-refractivity contribution is 0.164. The Hall–Kier alpha value is -0.450. The van der Waals surface area contributed by atoms with Crippen molar-refractivity contribution in [3.8, 4) is 0 Å². The summed E-state index contributed by atoms with van der Waals surface area (Å²) in [5.41, 5.74) is 1.26. The minimum atomic E-state index is 0.695. The third-order valence-electron chi connectivity index (χ3n) is 3.62. The van der Waals surface area contributed by atoms with Gasteiger partial charge in [0, 0.05) is 24.5 Å². The second-order valence-corrected chi connectivity index (χ2v) is 5.99. The van der Waals surface area contributed by atoms with Crippen LogP contribution in [-0.4, -0.2) is 35.6 Å². The molecule has 1 aromatic heterocycles. The van der Waals surface area contributed by atoms with Gasteiger partial charge in [-0.15, -0.1) is 11.3 Å². The SMILES string of the molecule is CCCc1nc(CN(CC)C2CCCNC2)cs1. The fourth-order valence-electron chi connectivity index (χ4n) is 2.60. The molecular formula is C14H25N3S. The molecule has 3 nitrogen and oxygen atoms in total. The molecule has 0 aliphatic carbocycles. The maximum absolute atomic E-state index is 4.74. The molecule has 1 unspecified atom stereocenters. The Bertz CT molecular complexity index is 345. The van der Waals surface area contributed by atoms with Crippen LogP contribution in [0.5, 0.6) is 0 Å². The van der Waals surface area contributed by atoms with Gasteiger partial charge in [-0.1, -0.05) is 13.8 Å². The van der Waals surface area contributed by atoms with E-state index in [4.69, 9.17) is 4.98 Å². The first-order valence-electron chi connectivity index (χ1n) is 7.21. The summed E-state index contributed by atoms with van der Waals surface area (Å²) in [7, 11) is 0. The van der Waals surface area contributed by atoms with Crippen molar-refractivity contribution in [2.45, 2.75) is 52.1 Å². The monoisotopic (exact) mass is 267 g/mol. The van der Waals surface area contributed by atoms with Gasteiger partial charge in [0.05, 0.1) is 10.7 Å². The number of thiazole rings is 1. The minimum Gasteiger partial charge on any atom is -0.315 e. The molecule has 4 heteroatoms. The normalized spacial score (nSPS) is 20.5. The van der Waals surface area contributed by atoms with Crippen molar-refractivity contribution in [2.24, 2.45) is 0 Å². The predicted octanol–water partition coefficient (Wildman–Crippen LogP) is 2.67. The van der Waals surface area contributed by atoms with Crippen LogP contribution in [0.15, 0.2) is 5.38 Å². The highest BCUT2D eigenvalue weighted by Gasteiger charge is 2.20. The molecule has 1 fully saturated rings. The van der Waals surface area contributed by atoms with Gasteiger partial charge in [0.2, 0.25) is 0 Å². The molecule has 0 aromatic carbocycles. The van der Waals surface area contributed by atoms with Crippen LogP contribution < -0.4 is 5.32 Å². The number of likely N-dealkylation sites (N-methyl/N-ethyl adjacent to an activating group) is 1. The molecule has 18 heavy (non-hydrogen) atoms. The van der Waals surface area contributed by atoms with Crippen molar-refractivity contribution in [3.05, 3.63) is 16.1 Å². The van der Waals surface area contributed by atoms with Gasteiger partial charge in [0.25, 0.3) is 0 Å². The first-order chi connectivity index (χ1) is 8.83. The minimum absolute atomic E-state index is 0.695. The van der Waals surface area contributed by atoms with Gasteiger partial charge in [0.1, 0.15) is 0 Å². The van der Waals surface area contributed by atoms with Crippen LogP contribution in [0.4, 0.5) is 0 Å². The van der Waals surface area contributed by atoms with E-state index in [1.54, 1.807) is 0 Å². The molecule has 2 rings (SSSR count). The molecule has 0 spiro atoms. The smallest absolute Gasteiger partial charge is 0.0928 e. The molecule has 102 valence electrons. The van der Waals surface area contributed by atoms with E-state index in [0.717, 1.165) is 26.1 Å². The Morgan fingerprint density at radius 1 is 1.50 bits per heavy atom. The predicted molar refractivity (Wildman–Crippen MR) is 78.1 cm³/mol. The highest BCUT2D eigenvalue weighted by atomic mass is 32.1. The number of rotatable bonds is 6. The summed E-state index contributed by atoms with van der Waals surface area (Å²) in [6.45, 7) is 8.93. The number of nitrogens with one attached hydrogen (secondary N) is 1. The van der Waals surface area contributed by atoms with Crippen molar-refractivity contribution in [3.63, 3.8) is 0 Å². The first-order valence-corrected chi connectivity index (χ1v) is 8.09. The molecule has 1 aromatic rings. The van der Waals surface area contributed by atoms with E-state index in [0.29, 0.717) is 6.04 Å². The van der Waals surface area contributed by atoms with Gasteiger partial charge in [-0.25, -0.2) is 4.98 Å². The zero-order valence-electron chi connectivity index (χ0n) is 11.6. The summed E-state index contributed by atoms with van der Waals surface area (Å²) in [6.07, 6.45) is 4.95. The van der Waals surface area contributed by atoms with Gasteiger partial charge >= 0.3 is 0 Å². The molecule has 2 heterocycles. The largest absolute Gasteiger partial charge is 0.315 e.